The summed E-state index contributed by atoms with van der Waals surface area (Å²) >= 11 is 0. The molecule has 104 valence electrons. The Hall–Kier alpha value is -1.92. The van der Waals surface area contributed by atoms with E-state index in [0.717, 1.165) is 41.5 Å². The Kier molecular flexibility index (Phi) is 2.55. The minimum Gasteiger partial charge on any atom is -0.385 e. The van der Waals surface area contributed by atoms with Crippen molar-refractivity contribution in [2.75, 3.05) is 6.61 Å². The van der Waals surface area contributed by atoms with E-state index < -0.39 is 6.10 Å². The van der Waals surface area contributed by atoms with Gasteiger partial charge in [-0.15, -0.1) is 0 Å². The summed E-state index contributed by atoms with van der Waals surface area (Å²) in [6.07, 6.45) is 4.90. The van der Waals surface area contributed by atoms with Gasteiger partial charge in [-0.1, -0.05) is 0 Å². The van der Waals surface area contributed by atoms with Gasteiger partial charge in [0.25, 0.3) is 0 Å². The van der Waals surface area contributed by atoms with Crippen molar-refractivity contribution < 1.29 is 9.84 Å². The lowest BCUT2D eigenvalue weighted by Gasteiger charge is -2.17. The largest absolute Gasteiger partial charge is 0.385 e. The first-order valence-electron chi connectivity index (χ1n) is 6.89. The molecule has 0 spiro atoms. The number of nitrogens with zero attached hydrogens (tertiary/aromatic N) is 3. The molecule has 6 nitrogen and oxygen atoms in total. The first-order valence-corrected chi connectivity index (χ1v) is 6.89. The van der Waals surface area contributed by atoms with E-state index >= 15 is 0 Å². The average Bonchev–Trinajstić information content (AvgIpc) is 3.15. The first kappa shape index (κ1) is 11.9. The Labute approximate surface area is 115 Å². The molecule has 4 rings (SSSR count). The molecular weight excluding hydrogens is 256 g/mol. The first-order chi connectivity index (χ1) is 9.75. The van der Waals surface area contributed by atoms with E-state index in [1.807, 2.05) is 16.8 Å². The number of aliphatic hydroxyl groups excluding tert-OH is 1. The summed E-state index contributed by atoms with van der Waals surface area (Å²) in [4.78, 5) is 12.0. The van der Waals surface area contributed by atoms with Crippen LogP contribution in [0.25, 0.3) is 22.1 Å². The Bertz CT molecular complexity index is 768. The van der Waals surface area contributed by atoms with Crippen LogP contribution >= 0.6 is 0 Å². The van der Waals surface area contributed by atoms with Crippen LogP contribution in [0.1, 0.15) is 37.9 Å². The van der Waals surface area contributed by atoms with E-state index in [9.17, 15) is 5.11 Å². The van der Waals surface area contributed by atoms with Gasteiger partial charge < -0.3 is 14.8 Å². The summed E-state index contributed by atoms with van der Waals surface area (Å²) in [6, 6.07) is 1.99. The van der Waals surface area contributed by atoms with E-state index in [1.165, 1.54) is 0 Å². The molecule has 0 aromatic carbocycles. The molecule has 3 aromatic rings. The van der Waals surface area contributed by atoms with Gasteiger partial charge in [-0.2, -0.15) is 0 Å². The van der Waals surface area contributed by atoms with Gasteiger partial charge in [0, 0.05) is 18.2 Å². The topological polar surface area (TPSA) is 76.0 Å². The fraction of sp³-hybridized carbons (Fsp3) is 0.429. The van der Waals surface area contributed by atoms with Gasteiger partial charge in [0.2, 0.25) is 0 Å². The lowest BCUT2D eigenvalue weighted by molar-refractivity contribution is 0.0505. The number of rotatable bonds is 2. The predicted molar refractivity (Wildman–Crippen MR) is 74.2 cm³/mol. The third-order valence-electron chi connectivity index (χ3n) is 3.83. The van der Waals surface area contributed by atoms with Crippen molar-refractivity contribution >= 4 is 22.1 Å². The summed E-state index contributed by atoms with van der Waals surface area (Å²) in [5.74, 6) is 0.641. The Morgan fingerprint density at radius 1 is 1.55 bits per heavy atom. The van der Waals surface area contributed by atoms with Crippen LogP contribution in [0.5, 0.6) is 0 Å². The molecule has 3 aromatic heterocycles. The molecule has 20 heavy (non-hydrogen) atoms. The highest BCUT2D eigenvalue weighted by molar-refractivity contribution is 6.01. The Balaban J connectivity index is 2.08. The molecule has 0 amide bonds. The summed E-state index contributed by atoms with van der Waals surface area (Å²) < 4.78 is 7.84. The predicted octanol–water partition coefficient (Wildman–Crippen LogP) is 2.27. The second-order valence-electron chi connectivity index (χ2n) is 5.22. The summed E-state index contributed by atoms with van der Waals surface area (Å²) in [7, 11) is 0. The summed E-state index contributed by atoms with van der Waals surface area (Å²) in [5, 5.41) is 11.0. The number of hydrogen-bond acceptors (Lipinski definition) is 4. The van der Waals surface area contributed by atoms with Crippen LogP contribution in [0.3, 0.4) is 0 Å². The van der Waals surface area contributed by atoms with Crippen molar-refractivity contribution in [2.24, 2.45) is 0 Å². The van der Waals surface area contributed by atoms with Gasteiger partial charge >= 0.3 is 0 Å². The minimum atomic E-state index is -0.638. The number of imidazole rings is 1. The SMILES string of the molecule is C[C@@H](O)c1nc2cnc3[nH]ccc3c2n1[C@@H]1CCCO1. The molecule has 0 aliphatic carbocycles. The smallest absolute Gasteiger partial charge is 0.140 e. The molecule has 6 heteroatoms. The number of hydrogen-bond donors (Lipinski definition) is 2. The minimum absolute atomic E-state index is 0.0508. The molecule has 1 aliphatic rings. The van der Waals surface area contributed by atoms with Gasteiger partial charge in [0.15, 0.2) is 0 Å². The lowest BCUT2D eigenvalue weighted by atomic mass is 10.2. The third kappa shape index (κ3) is 1.58. The van der Waals surface area contributed by atoms with Gasteiger partial charge in [-0.05, 0) is 25.8 Å². The van der Waals surface area contributed by atoms with Gasteiger partial charge in [-0.3, -0.25) is 4.57 Å². The number of H-pyrrole nitrogens is 1. The van der Waals surface area contributed by atoms with Crippen molar-refractivity contribution in [2.45, 2.75) is 32.1 Å². The van der Waals surface area contributed by atoms with Gasteiger partial charge in [0.05, 0.1) is 11.7 Å². The van der Waals surface area contributed by atoms with Crippen molar-refractivity contribution in [3.8, 4) is 0 Å². The molecule has 1 aliphatic heterocycles. The summed E-state index contributed by atoms with van der Waals surface area (Å²) in [6.45, 7) is 2.49. The second-order valence-corrected chi connectivity index (χ2v) is 5.22. The van der Waals surface area contributed by atoms with Crippen LogP contribution in [-0.4, -0.2) is 31.2 Å². The monoisotopic (exact) mass is 272 g/mol. The molecule has 0 radical (unpaired) electrons. The normalized spacial score (nSPS) is 21.0. The van der Waals surface area contributed by atoms with E-state index in [2.05, 4.69) is 15.0 Å². The molecule has 0 unspecified atom stereocenters. The molecule has 0 bridgehead atoms. The number of pyridine rings is 1. The van der Waals surface area contributed by atoms with Crippen molar-refractivity contribution in [3.05, 3.63) is 24.3 Å². The molecular formula is C14H16N4O2. The van der Waals surface area contributed by atoms with E-state index in [1.54, 1.807) is 13.1 Å². The number of aliphatic hydroxyl groups is 1. The van der Waals surface area contributed by atoms with Crippen molar-refractivity contribution in [1.29, 1.82) is 0 Å². The molecule has 2 atom stereocenters. The van der Waals surface area contributed by atoms with Crippen LogP contribution in [0, 0.1) is 0 Å². The maximum Gasteiger partial charge on any atom is 0.140 e. The lowest BCUT2D eigenvalue weighted by Crippen LogP contribution is -2.13. The number of ether oxygens (including phenoxy) is 1. The van der Waals surface area contributed by atoms with Crippen molar-refractivity contribution in [1.82, 2.24) is 19.5 Å². The number of fused-ring (bicyclic) bond motifs is 3. The van der Waals surface area contributed by atoms with E-state index in [-0.39, 0.29) is 6.23 Å². The molecule has 4 heterocycles. The van der Waals surface area contributed by atoms with Crippen LogP contribution in [0.4, 0.5) is 0 Å². The third-order valence-corrected chi connectivity index (χ3v) is 3.83. The number of aromatic nitrogens is 4. The maximum absolute atomic E-state index is 10.0. The quantitative estimate of drug-likeness (QED) is 0.750. The van der Waals surface area contributed by atoms with Crippen molar-refractivity contribution in [3.63, 3.8) is 0 Å². The fourth-order valence-corrected chi connectivity index (χ4v) is 2.96. The second kappa shape index (κ2) is 4.29. The molecule has 1 saturated heterocycles. The van der Waals surface area contributed by atoms with Crippen LogP contribution in [0.2, 0.25) is 0 Å². The molecule has 2 N–H and O–H groups in total. The van der Waals surface area contributed by atoms with Gasteiger partial charge in [-0.25, -0.2) is 9.97 Å². The zero-order valence-corrected chi connectivity index (χ0v) is 11.2. The van der Waals surface area contributed by atoms with Crippen LogP contribution in [0.15, 0.2) is 18.5 Å². The highest BCUT2D eigenvalue weighted by atomic mass is 16.5. The van der Waals surface area contributed by atoms with E-state index in [0.29, 0.717) is 5.82 Å². The average molecular weight is 272 g/mol. The number of aromatic amines is 1. The molecule has 0 saturated carbocycles. The maximum atomic E-state index is 10.0. The molecule has 1 fully saturated rings. The van der Waals surface area contributed by atoms with Gasteiger partial charge in [0.1, 0.15) is 29.3 Å². The Morgan fingerprint density at radius 3 is 3.20 bits per heavy atom. The zero-order valence-electron chi connectivity index (χ0n) is 11.2. The summed E-state index contributed by atoms with van der Waals surface area (Å²) in [5.41, 5.74) is 2.61. The standard InChI is InChI=1S/C14H16N4O2/c1-8(19)14-17-10-7-16-13-9(4-5-15-13)12(10)18(14)11-3-2-6-20-11/h4-5,7-8,11,19H,2-3,6H2,1H3,(H,15,16)/t8-,11+/m1/s1. The van der Waals surface area contributed by atoms with Crippen LogP contribution < -0.4 is 0 Å². The number of nitrogens with one attached hydrogen (secondary N) is 1. The van der Waals surface area contributed by atoms with E-state index in [4.69, 9.17) is 4.74 Å². The fourth-order valence-electron chi connectivity index (χ4n) is 2.96. The highest BCUT2D eigenvalue weighted by Gasteiger charge is 2.26. The highest BCUT2D eigenvalue weighted by Crippen LogP contribution is 2.34. The van der Waals surface area contributed by atoms with Crippen LogP contribution in [-0.2, 0) is 4.74 Å². The Morgan fingerprint density at radius 2 is 2.45 bits per heavy atom. The zero-order chi connectivity index (χ0) is 13.7.